The molecule has 10 heteroatoms. The number of nitro groups is 1. The summed E-state index contributed by atoms with van der Waals surface area (Å²) >= 11 is 1.16. The first kappa shape index (κ1) is 26.8. The van der Waals surface area contributed by atoms with E-state index in [2.05, 4.69) is 4.99 Å². The van der Waals surface area contributed by atoms with Gasteiger partial charge in [-0.3, -0.25) is 19.5 Å². The number of hydrogen-bond acceptors (Lipinski definition) is 8. The first-order chi connectivity index (χ1) is 19.4. The number of ether oxygens (including phenoxy) is 2. The maximum absolute atomic E-state index is 13.8. The van der Waals surface area contributed by atoms with Crippen LogP contribution in [0.4, 0.5) is 5.69 Å². The van der Waals surface area contributed by atoms with Crippen LogP contribution >= 0.6 is 11.3 Å². The van der Waals surface area contributed by atoms with Gasteiger partial charge in [0.05, 0.1) is 33.4 Å². The Hall–Kier alpha value is -4.83. The Morgan fingerprint density at radius 1 is 1.10 bits per heavy atom. The maximum Gasteiger partial charge on any atom is 0.338 e. The average Bonchev–Trinajstić information content (AvgIpc) is 3.26. The first-order valence-electron chi connectivity index (χ1n) is 12.6. The lowest BCUT2D eigenvalue weighted by atomic mass is 9.96. The number of rotatable bonds is 8. The summed E-state index contributed by atoms with van der Waals surface area (Å²) in [5, 5.41) is 11.2. The number of carbonyl (C=O) groups is 1. The van der Waals surface area contributed by atoms with Crippen molar-refractivity contribution >= 4 is 29.1 Å². The molecule has 1 atom stereocenters. The number of fused-ring (bicyclic) bond motifs is 1. The van der Waals surface area contributed by atoms with E-state index >= 15 is 0 Å². The van der Waals surface area contributed by atoms with E-state index in [1.807, 2.05) is 49.4 Å². The monoisotopic (exact) mass is 555 g/mol. The molecule has 1 aliphatic heterocycles. The summed E-state index contributed by atoms with van der Waals surface area (Å²) in [5.74, 6) is 0.0928. The number of allylic oxidation sites excluding steroid dienone is 1. The third kappa shape index (κ3) is 5.48. The molecule has 0 amide bonds. The van der Waals surface area contributed by atoms with Crippen molar-refractivity contribution in [1.29, 1.82) is 0 Å². The van der Waals surface area contributed by atoms with E-state index in [0.29, 0.717) is 38.5 Å². The summed E-state index contributed by atoms with van der Waals surface area (Å²) in [7, 11) is 0. The highest BCUT2D eigenvalue weighted by molar-refractivity contribution is 7.07. The third-order valence-electron chi connectivity index (χ3n) is 6.34. The smallest absolute Gasteiger partial charge is 0.338 e. The highest BCUT2D eigenvalue weighted by Gasteiger charge is 2.33. The summed E-state index contributed by atoms with van der Waals surface area (Å²) in [5.41, 5.74) is 2.29. The molecule has 0 N–H and O–H groups in total. The van der Waals surface area contributed by atoms with E-state index in [4.69, 9.17) is 9.47 Å². The molecule has 0 saturated carbocycles. The van der Waals surface area contributed by atoms with Crippen LogP contribution in [-0.2, 0) is 16.1 Å². The fraction of sp³-hybridized carbons (Fsp3) is 0.167. The van der Waals surface area contributed by atoms with E-state index in [0.717, 1.165) is 16.9 Å². The molecule has 5 rings (SSSR count). The second kappa shape index (κ2) is 11.5. The molecule has 0 fully saturated rings. The van der Waals surface area contributed by atoms with E-state index < -0.39 is 16.9 Å². The second-order valence-corrected chi connectivity index (χ2v) is 10.0. The normalized spacial score (nSPS) is 14.8. The number of esters is 1. The Morgan fingerprint density at radius 2 is 1.85 bits per heavy atom. The van der Waals surface area contributed by atoms with Crippen LogP contribution < -0.4 is 19.6 Å². The van der Waals surface area contributed by atoms with Crippen molar-refractivity contribution in [2.45, 2.75) is 26.5 Å². The maximum atomic E-state index is 13.8. The molecule has 40 heavy (non-hydrogen) atoms. The number of non-ortho nitro benzene ring substituents is 1. The zero-order valence-electron chi connectivity index (χ0n) is 21.8. The van der Waals surface area contributed by atoms with Crippen molar-refractivity contribution in [3.05, 3.63) is 137 Å². The summed E-state index contributed by atoms with van der Waals surface area (Å²) in [6, 6.07) is 21.8. The number of benzene rings is 3. The predicted octanol–water partition coefficient (Wildman–Crippen LogP) is 4.29. The van der Waals surface area contributed by atoms with Crippen molar-refractivity contribution < 1.29 is 19.2 Å². The van der Waals surface area contributed by atoms with E-state index in [1.165, 1.54) is 16.7 Å². The van der Waals surface area contributed by atoms with Crippen LogP contribution in [0.2, 0.25) is 0 Å². The molecule has 4 aromatic rings. The molecule has 0 spiro atoms. The van der Waals surface area contributed by atoms with E-state index in [1.54, 1.807) is 37.3 Å². The lowest BCUT2D eigenvalue weighted by Crippen LogP contribution is -2.39. The van der Waals surface area contributed by atoms with Crippen molar-refractivity contribution in [2.24, 2.45) is 4.99 Å². The summed E-state index contributed by atoms with van der Waals surface area (Å²) in [4.78, 5) is 43.1. The van der Waals surface area contributed by atoms with Crippen molar-refractivity contribution in [3.8, 4) is 5.75 Å². The average molecular weight is 556 g/mol. The van der Waals surface area contributed by atoms with Gasteiger partial charge >= 0.3 is 5.97 Å². The number of nitro benzene ring substituents is 1. The van der Waals surface area contributed by atoms with Gasteiger partial charge in [0.15, 0.2) is 4.80 Å². The number of hydrogen-bond donors (Lipinski definition) is 0. The molecule has 3 aromatic carbocycles. The quantitative estimate of drug-likeness (QED) is 0.182. The lowest BCUT2D eigenvalue weighted by Gasteiger charge is -2.25. The molecule has 9 nitrogen and oxygen atoms in total. The number of nitrogens with zero attached hydrogens (tertiary/aromatic N) is 3. The van der Waals surface area contributed by atoms with E-state index in [9.17, 15) is 19.7 Å². The summed E-state index contributed by atoms with van der Waals surface area (Å²) in [6.45, 7) is 4.19. The number of carbonyl (C=O) groups excluding carboxylic acids is 1. The van der Waals surface area contributed by atoms with Crippen LogP contribution in [0.1, 0.15) is 36.6 Å². The topological polar surface area (TPSA) is 113 Å². The van der Waals surface area contributed by atoms with Crippen LogP contribution in [-0.4, -0.2) is 22.1 Å². The predicted molar refractivity (Wildman–Crippen MR) is 151 cm³/mol. The standard InChI is InChI=1S/C30H25N3O6S/c1-3-38-24-14-12-22(13-15-24)27-26(29(35)39-18-20-8-5-4-6-9-20)19(2)31-30-32(27)28(34)25(40-30)17-21-10-7-11-23(16-21)33(36)37/h4-17,27H,3,18H2,1-2H3. The molecule has 2 heterocycles. The number of aromatic nitrogens is 1. The zero-order chi connectivity index (χ0) is 28.2. The van der Waals surface area contributed by atoms with Gasteiger partial charge in [0.25, 0.3) is 11.2 Å². The Kier molecular flexibility index (Phi) is 7.70. The van der Waals surface area contributed by atoms with Crippen LogP contribution in [0.5, 0.6) is 5.75 Å². The van der Waals surface area contributed by atoms with Gasteiger partial charge in [0, 0.05) is 12.1 Å². The minimum Gasteiger partial charge on any atom is -0.494 e. The van der Waals surface area contributed by atoms with E-state index in [-0.39, 0.29) is 23.4 Å². The van der Waals surface area contributed by atoms with Gasteiger partial charge in [-0.25, -0.2) is 9.79 Å². The fourth-order valence-electron chi connectivity index (χ4n) is 4.49. The van der Waals surface area contributed by atoms with Gasteiger partial charge in [-0.05, 0) is 48.7 Å². The molecule has 1 aliphatic rings. The Bertz CT molecular complexity index is 1790. The van der Waals surface area contributed by atoms with Gasteiger partial charge in [0.2, 0.25) is 0 Å². The van der Waals surface area contributed by atoms with Crippen LogP contribution in [0.25, 0.3) is 6.08 Å². The Labute approximate surface area is 233 Å². The fourth-order valence-corrected chi connectivity index (χ4v) is 5.54. The third-order valence-corrected chi connectivity index (χ3v) is 7.32. The van der Waals surface area contributed by atoms with Crippen LogP contribution in [0.15, 0.2) is 99.9 Å². The lowest BCUT2D eigenvalue weighted by molar-refractivity contribution is -0.384. The summed E-state index contributed by atoms with van der Waals surface area (Å²) in [6.07, 6.45) is 1.60. The summed E-state index contributed by atoms with van der Waals surface area (Å²) < 4.78 is 13.1. The highest BCUT2D eigenvalue weighted by atomic mass is 32.1. The second-order valence-electron chi connectivity index (χ2n) is 9.00. The largest absolute Gasteiger partial charge is 0.494 e. The first-order valence-corrected chi connectivity index (χ1v) is 13.4. The molecule has 1 aromatic heterocycles. The highest BCUT2D eigenvalue weighted by Crippen LogP contribution is 2.32. The van der Waals surface area contributed by atoms with Gasteiger partial charge in [-0.2, -0.15) is 0 Å². The molecule has 0 bridgehead atoms. The van der Waals surface area contributed by atoms with Gasteiger partial charge in [0.1, 0.15) is 12.4 Å². The van der Waals surface area contributed by atoms with Crippen LogP contribution in [0, 0.1) is 10.1 Å². The molecule has 0 aliphatic carbocycles. The van der Waals surface area contributed by atoms with Crippen molar-refractivity contribution in [3.63, 3.8) is 0 Å². The van der Waals surface area contributed by atoms with Crippen LogP contribution in [0.3, 0.4) is 0 Å². The van der Waals surface area contributed by atoms with Crippen molar-refractivity contribution in [1.82, 2.24) is 4.57 Å². The van der Waals surface area contributed by atoms with Crippen molar-refractivity contribution in [2.75, 3.05) is 6.61 Å². The SMILES string of the molecule is CCOc1ccc(C2C(C(=O)OCc3ccccc3)=C(C)N=c3sc(=Cc4cccc([N+](=O)[O-])c4)c(=O)n32)cc1. The molecule has 202 valence electrons. The zero-order valence-corrected chi connectivity index (χ0v) is 22.6. The minimum absolute atomic E-state index is 0.0731. The Balaban J connectivity index is 1.61. The van der Waals surface area contributed by atoms with Gasteiger partial charge in [-0.1, -0.05) is 65.9 Å². The van der Waals surface area contributed by atoms with Gasteiger partial charge in [-0.15, -0.1) is 0 Å². The molecular formula is C30H25N3O6S. The molecule has 0 saturated heterocycles. The Morgan fingerprint density at radius 3 is 2.55 bits per heavy atom. The molecule has 0 radical (unpaired) electrons. The number of thiazole rings is 1. The van der Waals surface area contributed by atoms with Gasteiger partial charge < -0.3 is 9.47 Å². The molecular weight excluding hydrogens is 530 g/mol. The molecule has 1 unspecified atom stereocenters. The minimum atomic E-state index is -0.789.